The molecule has 11 heavy (non-hydrogen) atoms. The molecule has 0 fully saturated rings. The summed E-state index contributed by atoms with van der Waals surface area (Å²) in [6.45, 7) is -0.309. The molecule has 0 spiro atoms. The van der Waals surface area contributed by atoms with Gasteiger partial charge >= 0.3 is 0 Å². The summed E-state index contributed by atoms with van der Waals surface area (Å²) >= 11 is 11.0. The van der Waals surface area contributed by atoms with Gasteiger partial charge in [-0.3, -0.25) is 0 Å². The normalized spacial score (nSPS) is 10.2. The van der Waals surface area contributed by atoms with Crippen molar-refractivity contribution in [3.63, 3.8) is 0 Å². The van der Waals surface area contributed by atoms with Gasteiger partial charge in [0.1, 0.15) is 5.82 Å². The van der Waals surface area contributed by atoms with Gasteiger partial charge in [-0.2, -0.15) is 0 Å². The van der Waals surface area contributed by atoms with Crippen molar-refractivity contribution in [1.29, 1.82) is 0 Å². The summed E-state index contributed by atoms with van der Waals surface area (Å²) in [5, 5.41) is 8.82. The van der Waals surface area contributed by atoms with E-state index in [1.54, 1.807) is 0 Å². The number of rotatable bonds is 1. The second kappa shape index (κ2) is 3.39. The van der Waals surface area contributed by atoms with Gasteiger partial charge in [0.25, 0.3) is 0 Å². The average Bonchev–Trinajstić information content (AvgIpc) is 1.96. The maximum atomic E-state index is 12.7. The number of hydrogen-bond donors (Lipinski definition) is 1. The molecule has 0 heterocycles. The van der Waals surface area contributed by atoms with Crippen LogP contribution in [0.2, 0.25) is 10.0 Å². The first-order valence-corrected chi connectivity index (χ1v) is 3.65. The highest BCUT2D eigenvalue weighted by Crippen LogP contribution is 2.24. The van der Waals surface area contributed by atoms with E-state index in [2.05, 4.69) is 0 Å². The Kier molecular flexibility index (Phi) is 2.71. The van der Waals surface area contributed by atoms with Crippen molar-refractivity contribution in [3.8, 4) is 0 Å². The summed E-state index contributed by atoms with van der Waals surface area (Å²) < 4.78 is 12.7. The van der Waals surface area contributed by atoms with Crippen LogP contribution in [0.3, 0.4) is 0 Å². The lowest BCUT2D eigenvalue weighted by Crippen LogP contribution is -1.88. The molecule has 0 aliphatic carbocycles. The van der Waals surface area contributed by atoms with E-state index in [0.717, 1.165) is 6.07 Å². The zero-order valence-corrected chi connectivity index (χ0v) is 6.95. The van der Waals surface area contributed by atoms with Gasteiger partial charge in [-0.1, -0.05) is 23.2 Å². The predicted molar refractivity (Wildman–Crippen MR) is 42.3 cm³/mol. The van der Waals surface area contributed by atoms with Crippen molar-refractivity contribution < 1.29 is 9.50 Å². The van der Waals surface area contributed by atoms with Crippen LogP contribution in [0, 0.1) is 5.82 Å². The molecule has 1 aromatic carbocycles. The quantitative estimate of drug-likeness (QED) is 0.682. The Morgan fingerprint density at radius 2 is 2.00 bits per heavy atom. The highest BCUT2D eigenvalue weighted by atomic mass is 35.5. The Bertz CT molecular complexity index is 275. The Hall–Kier alpha value is -0.310. The predicted octanol–water partition coefficient (Wildman–Crippen LogP) is 2.62. The van der Waals surface area contributed by atoms with Gasteiger partial charge in [0, 0.05) is 10.6 Å². The third-order valence-corrected chi connectivity index (χ3v) is 1.88. The summed E-state index contributed by atoms with van der Waals surface area (Å²) in [6, 6.07) is 2.52. The van der Waals surface area contributed by atoms with Crippen molar-refractivity contribution in [1.82, 2.24) is 0 Å². The van der Waals surface area contributed by atoms with Crippen molar-refractivity contribution in [2.24, 2.45) is 0 Å². The molecular formula is C7H5Cl2FO. The fourth-order valence-corrected chi connectivity index (χ4v) is 1.12. The molecule has 1 aromatic rings. The van der Waals surface area contributed by atoms with Crippen LogP contribution in [0.15, 0.2) is 12.1 Å². The summed E-state index contributed by atoms with van der Waals surface area (Å²) in [7, 11) is 0. The fraction of sp³-hybridized carbons (Fsp3) is 0.143. The summed E-state index contributed by atoms with van der Waals surface area (Å²) in [5.41, 5.74) is 0.302. The molecule has 0 aliphatic rings. The Morgan fingerprint density at radius 1 is 1.36 bits per heavy atom. The van der Waals surface area contributed by atoms with E-state index in [9.17, 15) is 4.39 Å². The van der Waals surface area contributed by atoms with Gasteiger partial charge in [-0.25, -0.2) is 4.39 Å². The molecule has 0 amide bonds. The van der Waals surface area contributed by atoms with E-state index in [-0.39, 0.29) is 16.7 Å². The van der Waals surface area contributed by atoms with Crippen LogP contribution in [0.1, 0.15) is 5.56 Å². The SMILES string of the molecule is OCc1cc(Cl)cc(F)c1Cl. The molecule has 0 unspecified atom stereocenters. The van der Waals surface area contributed by atoms with Crippen molar-refractivity contribution in [2.45, 2.75) is 6.61 Å². The molecule has 0 saturated carbocycles. The number of aliphatic hydroxyl groups is 1. The topological polar surface area (TPSA) is 20.2 Å². The van der Waals surface area contributed by atoms with Gasteiger partial charge in [-0.05, 0) is 12.1 Å². The molecule has 1 rings (SSSR count). The number of benzene rings is 1. The zero-order valence-electron chi connectivity index (χ0n) is 5.44. The second-order valence-corrected chi connectivity index (χ2v) is 2.83. The first kappa shape index (κ1) is 8.78. The van der Waals surface area contributed by atoms with E-state index in [1.807, 2.05) is 0 Å². The molecule has 0 bridgehead atoms. The number of hydrogen-bond acceptors (Lipinski definition) is 1. The average molecular weight is 195 g/mol. The molecule has 4 heteroatoms. The Morgan fingerprint density at radius 3 is 2.55 bits per heavy atom. The van der Waals surface area contributed by atoms with Gasteiger partial charge in [0.05, 0.1) is 11.6 Å². The molecule has 1 nitrogen and oxygen atoms in total. The molecule has 0 aromatic heterocycles. The molecule has 0 saturated heterocycles. The third kappa shape index (κ3) is 1.83. The minimum absolute atomic E-state index is 0.0723. The first-order chi connectivity index (χ1) is 5.15. The summed E-state index contributed by atoms with van der Waals surface area (Å²) in [4.78, 5) is 0. The van der Waals surface area contributed by atoms with E-state index >= 15 is 0 Å². The molecule has 0 aliphatic heterocycles. The standard InChI is InChI=1S/C7H5Cl2FO/c8-5-1-4(3-11)7(9)6(10)2-5/h1-2,11H,3H2. The van der Waals surface area contributed by atoms with Gasteiger partial charge in [0.15, 0.2) is 0 Å². The zero-order chi connectivity index (χ0) is 8.43. The highest BCUT2D eigenvalue weighted by Gasteiger charge is 2.06. The maximum absolute atomic E-state index is 12.7. The lowest BCUT2D eigenvalue weighted by molar-refractivity contribution is 0.281. The van der Waals surface area contributed by atoms with Crippen LogP contribution in [0.4, 0.5) is 4.39 Å². The largest absolute Gasteiger partial charge is 0.392 e. The van der Waals surface area contributed by atoms with Gasteiger partial charge in [0.2, 0.25) is 0 Å². The van der Waals surface area contributed by atoms with E-state index in [1.165, 1.54) is 6.07 Å². The minimum Gasteiger partial charge on any atom is -0.392 e. The van der Waals surface area contributed by atoms with E-state index in [4.69, 9.17) is 28.3 Å². The molecule has 0 radical (unpaired) electrons. The van der Waals surface area contributed by atoms with Gasteiger partial charge in [-0.15, -0.1) is 0 Å². The Labute approximate surface area is 73.4 Å². The molecule has 0 atom stereocenters. The highest BCUT2D eigenvalue weighted by molar-refractivity contribution is 6.33. The lowest BCUT2D eigenvalue weighted by Gasteiger charge is -2.01. The lowest BCUT2D eigenvalue weighted by atomic mass is 10.2. The van der Waals surface area contributed by atoms with E-state index in [0.29, 0.717) is 5.56 Å². The van der Waals surface area contributed by atoms with Crippen molar-refractivity contribution in [3.05, 3.63) is 33.6 Å². The van der Waals surface area contributed by atoms with Crippen molar-refractivity contribution >= 4 is 23.2 Å². The number of aliphatic hydroxyl groups excluding tert-OH is 1. The van der Waals surface area contributed by atoms with E-state index < -0.39 is 5.82 Å². The van der Waals surface area contributed by atoms with Crippen LogP contribution in [-0.2, 0) is 6.61 Å². The first-order valence-electron chi connectivity index (χ1n) is 2.89. The van der Waals surface area contributed by atoms with Crippen LogP contribution in [-0.4, -0.2) is 5.11 Å². The third-order valence-electron chi connectivity index (χ3n) is 1.24. The van der Waals surface area contributed by atoms with Crippen LogP contribution in [0.25, 0.3) is 0 Å². The summed E-state index contributed by atoms with van der Waals surface area (Å²) in [6.07, 6.45) is 0. The maximum Gasteiger partial charge on any atom is 0.143 e. The van der Waals surface area contributed by atoms with Gasteiger partial charge < -0.3 is 5.11 Å². The fourth-order valence-electron chi connectivity index (χ4n) is 0.724. The van der Waals surface area contributed by atoms with Crippen LogP contribution >= 0.6 is 23.2 Å². The second-order valence-electron chi connectivity index (χ2n) is 2.02. The Balaban J connectivity index is 3.24. The smallest absolute Gasteiger partial charge is 0.143 e. The van der Waals surface area contributed by atoms with Crippen molar-refractivity contribution in [2.75, 3.05) is 0 Å². The molecule has 60 valence electrons. The molecule has 1 N–H and O–H groups in total. The number of halogens is 3. The molecular weight excluding hydrogens is 190 g/mol. The summed E-state index contributed by atoms with van der Waals surface area (Å²) in [5.74, 6) is -0.608. The minimum atomic E-state index is -0.608. The monoisotopic (exact) mass is 194 g/mol. The van der Waals surface area contributed by atoms with Crippen LogP contribution < -0.4 is 0 Å². The van der Waals surface area contributed by atoms with Crippen LogP contribution in [0.5, 0.6) is 0 Å².